The van der Waals surface area contributed by atoms with Gasteiger partial charge in [0, 0.05) is 10.2 Å². The average Bonchev–Trinajstić information content (AvgIpc) is 2.43. The standard InChI is InChI=1S/C15H24Br2O/c1-10-5-6-12-14(2,3)13(17)7-8-15(12,4)18-11(10)9-16/h5,11-13H,6-9H2,1-4H3/t11-,12?,13-,15-/m0/s1. The Kier molecular flexibility index (Phi) is 4.36. The van der Waals surface area contributed by atoms with Gasteiger partial charge in [0.1, 0.15) is 0 Å². The number of alkyl halides is 2. The van der Waals surface area contributed by atoms with Crippen molar-refractivity contribution in [1.29, 1.82) is 0 Å². The molecule has 0 bridgehead atoms. The van der Waals surface area contributed by atoms with Gasteiger partial charge in [-0.2, -0.15) is 0 Å². The Morgan fingerprint density at radius 2 is 2.06 bits per heavy atom. The van der Waals surface area contributed by atoms with Crippen LogP contribution in [0.3, 0.4) is 0 Å². The van der Waals surface area contributed by atoms with Gasteiger partial charge >= 0.3 is 0 Å². The van der Waals surface area contributed by atoms with Gasteiger partial charge in [-0.15, -0.1) is 0 Å². The molecule has 0 aromatic carbocycles. The monoisotopic (exact) mass is 378 g/mol. The molecule has 0 spiro atoms. The molecule has 4 atom stereocenters. The average molecular weight is 380 g/mol. The Labute approximate surface area is 128 Å². The van der Waals surface area contributed by atoms with Crippen molar-refractivity contribution in [3.63, 3.8) is 0 Å². The van der Waals surface area contributed by atoms with Gasteiger partial charge in [0.15, 0.2) is 0 Å². The van der Waals surface area contributed by atoms with Crippen molar-refractivity contribution in [2.24, 2.45) is 11.3 Å². The minimum absolute atomic E-state index is 0.0144. The van der Waals surface area contributed by atoms with E-state index in [4.69, 9.17) is 4.74 Å². The Morgan fingerprint density at radius 3 is 2.67 bits per heavy atom. The molecule has 1 fully saturated rings. The van der Waals surface area contributed by atoms with Crippen molar-refractivity contribution in [2.75, 3.05) is 5.33 Å². The second-order valence-corrected chi connectivity index (χ2v) is 8.39. The third-order valence-corrected chi connectivity index (χ3v) is 7.30. The quantitative estimate of drug-likeness (QED) is 0.456. The molecule has 2 rings (SSSR count). The smallest absolute Gasteiger partial charge is 0.0886 e. The van der Waals surface area contributed by atoms with E-state index in [1.165, 1.54) is 12.0 Å². The van der Waals surface area contributed by atoms with Crippen molar-refractivity contribution < 1.29 is 4.74 Å². The van der Waals surface area contributed by atoms with E-state index in [2.05, 4.69) is 65.6 Å². The Balaban J connectivity index is 2.34. The van der Waals surface area contributed by atoms with Crippen molar-refractivity contribution in [3.8, 4) is 0 Å². The zero-order valence-corrected chi connectivity index (χ0v) is 15.0. The first-order valence-electron chi connectivity index (χ1n) is 6.86. The second kappa shape index (κ2) is 5.21. The number of halogens is 2. The molecule has 0 aromatic heterocycles. The lowest BCUT2D eigenvalue weighted by molar-refractivity contribution is -0.143. The molecule has 3 heteroatoms. The van der Waals surface area contributed by atoms with Crippen molar-refractivity contribution in [1.82, 2.24) is 0 Å². The maximum absolute atomic E-state index is 6.51. The molecule has 104 valence electrons. The van der Waals surface area contributed by atoms with Gasteiger partial charge in [0.2, 0.25) is 0 Å². The number of ether oxygens (including phenoxy) is 1. The predicted octanol–water partition coefficient (Wildman–Crippen LogP) is 5.07. The highest BCUT2D eigenvalue weighted by Gasteiger charge is 2.52. The Morgan fingerprint density at radius 1 is 1.39 bits per heavy atom. The summed E-state index contributed by atoms with van der Waals surface area (Å²) in [6, 6.07) is 0. The van der Waals surface area contributed by atoms with Crippen LogP contribution < -0.4 is 0 Å². The molecule has 0 aromatic rings. The Hall–Kier alpha value is 0.660. The van der Waals surface area contributed by atoms with E-state index in [1.54, 1.807) is 0 Å². The number of hydrogen-bond donors (Lipinski definition) is 0. The Bertz CT molecular complexity index is 350. The maximum Gasteiger partial charge on any atom is 0.0886 e. The fourth-order valence-corrected chi connectivity index (χ4v) is 4.86. The molecule has 0 N–H and O–H groups in total. The molecule has 1 unspecified atom stereocenters. The summed E-state index contributed by atoms with van der Waals surface area (Å²) in [6.07, 6.45) is 6.13. The van der Waals surface area contributed by atoms with Crippen LogP contribution in [0.1, 0.15) is 47.0 Å². The van der Waals surface area contributed by atoms with Gasteiger partial charge in [-0.1, -0.05) is 51.8 Å². The van der Waals surface area contributed by atoms with Gasteiger partial charge < -0.3 is 4.74 Å². The van der Waals surface area contributed by atoms with E-state index in [0.717, 1.165) is 18.2 Å². The lowest BCUT2D eigenvalue weighted by Crippen LogP contribution is -2.53. The van der Waals surface area contributed by atoms with Gasteiger partial charge in [0.25, 0.3) is 0 Å². The molecular weight excluding hydrogens is 356 g/mol. The van der Waals surface area contributed by atoms with Crippen LogP contribution in [0.15, 0.2) is 11.6 Å². The van der Waals surface area contributed by atoms with Gasteiger partial charge in [-0.05, 0) is 50.0 Å². The molecule has 0 radical (unpaired) electrons. The molecule has 1 aliphatic carbocycles. The molecule has 1 heterocycles. The SMILES string of the molecule is CC1=CCC2C(C)(C)[C@@H](Br)CC[C@]2(C)O[C@H]1CBr. The zero-order chi connectivity index (χ0) is 13.6. The summed E-state index contributed by atoms with van der Waals surface area (Å²) in [7, 11) is 0. The minimum Gasteiger partial charge on any atom is -0.367 e. The molecule has 2 aliphatic rings. The first kappa shape index (κ1) is 15.1. The van der Waals surface area contributed by atoms with Crippen LogP contribution in [0.4, 0.5) is 0 Å². The first-order valence-corrected chi connectivity index (χ1v) is 8.89. The largest absolute Gasteiger partial charge is 0.367 e. The molecule has 1 saturated carbocycles. The molecule has 1 nitrogen and oxygen atoms in total. The van der Waals surface area contributed by atoms with Crippen LogP contribution in [0.2, 0.25) is 0 Å². The number of rotatable bonds is 1. The summed E-state index contributed by atoms with van der Waals surface area (Å²) in [5.74, 6) is 0.585. The fourth-order valence-electron chi connectivity index (χ4n) is 3.67. The van der Waals surface area contributed by atoms with E-state index >= 15 is 0 Å². The number of fused-ring (bicyclic) bond motifs is 1. The van der Waals surface area contributed by atoms with E-state index in [0.29, 0.717) is 10.7 Å². The normalized spacial score (nSPS) is 43.9. The van der Waals surface area contributed by atoms with Crippen molar-refractivity contribution in [2.45, 2.75) is 63.5 Å². The summed E-state index contributed by atoms with van der Waals surface area (Å²) in [4.78, 5) is 0.598. The number of hydrogen-bond acceptors (Lipinski definition) is 1. The summed E-state index contributed by atoms with van der Waals surface area (Å²) >= 11 is 7.48. The molecular formula is C15H24Br2O. The predicted molar refractivity (Wildman–Crippen MR) is 84.7 cm³/mol. The topological polar surface area (TPSA) is 9.23 Å². The van der Waals surface area contributed by atoms with Crippen LogP contribution >= 0.6 is 31.9 Å². The van der Waals surface area contributed by atoms with Crippen LogP contribution in [0, 0.1) is 11.3 Å². The van der Waals surface area contributed by atoms with Crippen LogP contribution in [0.25, 0.3) is 0 Å². The van der Waals surface area contributed by atoms with Gasteiger partial charge in [-0.3, -0.25) is 0 Å². The highest BCUT2D eigenvalue weighted by molar-refractivity contribution is 9.09. The summed E-state index contributed by atoms with van der Waals surface area (Å²) in [5, 5.41) is 0.899. The van der Waals surface area contributed by atoms with Crippen molar-refractivity contribution in [3.05, 3.63) is 11.6 Å². The summed E-state index contributed by atoms with van der Waals surface area (Å²) < 4.78 is 6.51. The van der Waals surface area contributed by atoms with Crippen LogP contribution in [-0.4, -0.2) is 21.9 Å². The maximum atomic E-state index is 6.51. The molecule has 0 amide bonds. The molecule has 18 heavy (non-hydrogen) atoms. The zero-order valence-electron chi connectivity index (χ0n) is 11.8. The minimum atomic E-state index is 0.0144. The molecule has 1 aliphatic heterocycles. The summed E-state index contributed by atoms with van der Waals surface area (Å²) in [5.41, 5.74) is 1.68. The van der Waals surface area contributed by atoms with Crippen LogP contribution in [-0.2, 0) is 4.74 Å². The van der Waals surface area contributed by atoms with Gasteiger partial charge in [-0.25, -0.2) is 0 Å². The van der Waals surface area contributed by atoms with Crippen LogP contribution in [0.5, 0.6) is 0 Å². The lowest BCUT2D eigenvalue weighted by atomic mass is 9.60. The highest BCUT2D eigenvalue weighted by atomic mass is 79.9. The first-order chi connectivity index (χ1) is 8.31. The van der Waals surface area contributed by atoms with E-state index in [-0.39, 0.29) is 17.1 Å². The van der Waals surface area contributed by atoms with Gasteiger partial charge in [0.05, 0.1) is 11.7 Å². The summed E-state index contributed by atoms with van der Waals surface area (Å²) in [6.45, 7) is 9.29. The fraction of sp³-hybridized carbons (Fsp3) is 0.867. The third kappa shape index (κ3) is 2.47. The van der Waals surface area contributed by atoms with Crippen molar-refractivity contribution >= 4 is 31.9 Å². The third-order valence-electron chi connectivity index (χ3n) is 5.07. The van der Waals surface area contributed by atoms with E-state index in [1.807, 2.05) is 0 Å². The second-order valence-electron chi connectivity index (χ2n) is 6.64. The highest BCUT2D eigenvalue weighted by Crippen LogP contribution is 2.53. The van der Waals surface area contributed by atoms with E-state index in [9.17, 15) is 0 Å². The van der Waals surface area contributed by atoms with E-state index < -0.39 is 0 Å². The number of allylic oxidation sites excluding steroid dienone is 1. The lowest BCUT2D eigenvalue weighted by Gasteiger charge is -2.52. The molecule has 0 saturated heterocycles.